The molecule has 2 aliphatic carbocycles. The normalized spacial score (nSPS) is 29.9. The van der Waals surface area contributed by atoms with Gasteiger partial charge in [-0.3, -0.25) is 4.90 Å². The lowest BCUT2D eigenvalue weighted by atomic mass is 9.86. The average molecular weight is 482 g/mol. The largest absolute Gasteiger partial charge is 0.431 e. The fourth-order valence-electron chi connectivity index (χ4n) is 5.90. The molecule has 2 aromatic rings. The lowest BCUT2D eigenvalue weighted by molar-refractivity contribution is -0.144. The van der Waals surface area contributed by atoms with Crippen molar-refractivity contribution in [3.63, 3.8) is 0 Å². The molecule has 2 unspecified atom stereocenters. The molecule has 2 aromatic heterocycles. The van der Waals surface area contributed by atoms with Crippen LogP contribution in [-0.2, 0) is 0 Å². The van der Waals surface area contributed by atoms with Crippen LogP contribution in [0.5, 0.6) is 5.75 Å². The molecular weight excluding hydrogens is 459 g/mol. The van der Waals surface area contributed by atoms with E-state index in [0.717, 1.165) is 25.1 Å². The van der Waals surface area contributed by atoms with Crippen LogP contribution < -0.4 is 15.4 Å². The van der Waals surface area contributed by atoms with Crippen molar-refractivity contribution in [3.05, 3.63) is 24.0 Å². The summed E-state index contributed by atoms with van der Waals surface area (Å²) < 4.78 is 68.4. The minimum atomic E-state index is -4.21. The van der Waals surface area contributed by atoms with E-state index in [-0.39, 0.29) is 29.3 Å². The monoisotopic (exact) mass is 482 g/mol. The first kappa shape index (κ1) is 21.8. The minimum Gasteiger partial charge on any atom is -0.431 e. The first-order valence-corrected chi connectivity index (χ1v) is 11.3. The summed E-state index contributed by atoms with van der Waals surface area (Å²) in [5.74, 6) is 1.11. The van der Waals surface area contributed by atoms with Crippen molar-refractivity contribution in [2.45, 2.75) is 37.6 Å². The first-order chi connectivity index (χ1) is 16.1. The van der Waals surface area contributed by atoms with Crippen molar-refractivity contribution in [2.75, 3.05) is 36.8 Å². The number of hydrogen-bond donors (Lipinski definition) is 1. The Morgan fingerprint density at radius 1 is 1.09 bits per heavy atom. The van der Waals surface area contributed by atoms with E-state index >= 15 is 0 Å². The fraction of sp³-hybridized carbons (Fsp3) is 0.591. The molecule has 182 valence electrons. The van der Waals surface area contributed by atoms with Gasteiger partial charge in [0.25, 0.3) is 0 Å². The van der Waals surface area contributed by atoms with E-state index in [2.05, 4.69) is 14.6 Å². The number of fused-ring (bicyclic) bond motifs is 2. The van der Waals surface area contributed by atoms with Crippen molar-refractivity contribution in [1.29, 1.82) is 0 Å². The number of nitrogens with zero attached hydrogens (tertiary/aromatic N) is 5. The summed E-state index contributed by atoms with van der Waals surface area (Å²) in [6, 6.07) is 3.56. The second-order valence-electron chi connectivity index (χ2n) is 9.77. The number of halogens is 5. The molecule has 5 aliphatic rings. The molecule has 0 radical (unpaired) electrons. The van der Waals surface area contributed by atoms with Crippen molar-refractivity contribution < 1.29 is 26.7 Å². The van der Waals surface area contributed by atoms with Crippen molar-refractivity contribution in [2.24, 2.45) is 17.8 Å². The molecular formula is C22H23F5N6O. The number of alkyl halides is 5. The first-order valence-electron chi connectivity index (χ1n) is 11.3. The number of hydrogen-bond acceptors (Lipinski definition) is 7. The Morgan fingerprint density at radius 2 is 1.82 bits per heavy atom. The molecule has 0 amide bonds. The van der Waals surface area contributed by atoms with Crippen LogP contribution in [-0.4, -0.2) is 64.9 Å². The van der Waals surface area contributed by atoms with Gasteiger partial charge in [-0.05, 0) is 42.7 Å². The van der Waals surface area contributed by atoms with Gasteiger partial charge in [-0.15, -0.1) is 0 Å². The van der Waals surface area contributed by atoms with Crippen molar-refractivity contribution in [3.8, 4) is 17.0 Å². The number of nitrogen functional groups attached to an aromatic ring is 1. The smallest absolute Gasteiger partial charge is 0.401 e. The summed E-state index contributed by atoms with van der Waals surface area (Å²) in [4.78, 5) is 17.1. The van der Waals surface area contributed by atoms with E-state index in [0.29, 0.717) is 42.3 Å². The standard InChI is InChI=1S/C22H23F5N6O/c23-20(24)34-17-3-11(5-29-19(17)28)15-4-16(31-21(30-15)33-6-10-1-12(33)2-10)18-13-7-32(8-14(13)18)9-22(25,26)27/h3-5,10,12-14,18,20H,1-2,6-9H2,(H2,28,29). The molecule has 2 saturated carbocycles. The predicted octanol–water partition coefficient (Wildman–Crippen LogP) is 3.53. The molecule has 3 saturated heterocycles. The van der Waals surface area contributed by atoms with Gasteiger partial charge in [-0.1, -0.05) is 0 Å². The van der Waals surface area contributed by atoms with Gasteiger partial charge in [0, 0.05) is 43.4 Å². The maximum Gasteiger partial charge on any atom is 0.401 e. The number of piperidine rings is 1. The highest BCUT2D eigenvalue weighted by atomic mass is 19.4. The Kier molecular flexibility index (Phi) is 4.88. The van der Waals surface area contributed by atoms with Gasteiger partial charge in [0.1, 0.15) is 0 Å². The zero-order valence-electron chi connectivity index (χ0n) is 18.1. The van der Waals surface area contributed by atoms with Crippen LogP contribution in [0.3, 0.4) is 0 Å². The number of ether oxygens (including phenoxy) is 1. The zero-order valence-corrected chi connectivity index (χ0v) is 18.1. The molecule has 2 atom stereocenters. The number of aromatic nitrogens is 3. The molecule has 3 aliphatic heterocycles. The molecule has 7 nitrogen and oxygen atoms in total. The maximum absolute atomic E-state index is 12.8. The average Bonchev–Trinajstić information content (AvgIpc) is 3.11. The van der Waals surface area contributed by atoms with Gasteiger partial charge in [-0.25, -0.2) is 15.0 Å². The number of nitrogens with two attached hydrogens (primary N) is 1. The lowest BCUT2D eigenvalue weighted by Crippen LogP contribution is -2.34. The van der Waals surface area contributed by atoms with E-state index in [1.54, 1.807) is 6.07 Å². The maximum atomic E-state index is 12.8. The van der Waals surface area contributed by atoms with Crippen LogP contribution in [0.25, 0.3) is 11.3 Å². The molecule has 0 aromatic carbocycles. The quantitative estimate of drug-likeness (QED) is 0.631. The summed E-state index contributed by atoms with van der Waals surface area (Å²) >= 11 is 0. The van der Waals surface area contributed by atoms with E-state index in [1.807, 2.05) is 0 Å². The third kappa shape index (κ3) is 3.91. The summed E-state index contributed by atoms with van der Waals surface area (Å²) in [5, 5.41) is 0. The van der Waals surface area contributed by atoms with E-state index in [9.17, 15) is 22.0 Å². The topological polar surface area (TPSA) is 80.4 Å². The second-order valence-corrected chi connectivity index (χ2v) is 9.77. The highest BCUT2D eigenvalue weighted by molar-refractivity contribution is 5.66. The Balaban J connectivity index is 1.31. The molecule has 5 heterocycles. The Bertz CT molecular complexity index is 1100. The third-order valence-electron chi connectivity index (χ3n) is 7.51. The van der Waals surface area contributed by atoms with Crippen molar-refractivity contribution in [1.82, 2.24) is 19.9 Å². The molecule has 34 heavy (non-hydrogen) atoms. The van der Waals surface area contributed by atoms with Gasteiger partial charge in [0.2, 0.25) is 5.95 Å². The number of likely N-dealkylation sites (tertiary alicyclic amines) is 1. The van der Waals surface area contributed by atoms with E-state index in [1.165, 1.54) is 17.2 Å². The van der Waals surface area contributed by atoms with Gasteiger partial charge in [0.15, 0.2) is 11.6 Å². The van der Waals surface area contributed by atoms with Gasteiger partial charge in [0.05, 0.1) is 17.9 Å². The van der Waals surface area contributed by atoms with Gasteiger partial charge < -0.3 is 15.4 Å². The molecule has 2 N–H and O–H groups in total. The van der Waals surface area contributed by atoms with Crippen LogP contribution in [0.15, 0.2) is 18.3 Å². The van der Waals surface area contributed by atoms with Crippen LogP contribution >= 0.6 is 0 Å². The van der Waals surface area contributed by atoms with Crippen LogP contribution in [0, 0.1) is 17.8 Å². The van der Waals surface area contributed by atoms with Gasteiger partial charge >= 0.3 is 12.8 Å². The van der Waals surface area contributed by atoms with Crippen molar-refractivity contribution >= 4 is 11.8 Å². The van der Waals surface area contributed by atoms with Crippen LogP contribution in [0.4, 0.5) is 33.7 Å². The Morgan fingerprint density at radius 3 is 2.44 bits per heavy atom. The van der Waals surface area contributed by atoms with E-state index in [4.69, 9.17) is 15.7 Å². The Labute approximate surface area is 192 Å². The zero-order chi connectivity index (χ0) is 23.8. The number of anilines is 2. The van der Waals surface area contributed by atoms with Crippen LogP contribution in [0.2, 0.25) is 0 Å². The molecule has 0 spiro atoms. The molecule has 12 heteroatoms. The summed E-state index contributed by atoms with van der Waals surface area (Å²) in [7, 11) is 0. The highest BCUT2D eigenvalue weighted by Crippen LogP contribution is 2.58. The summed E-state index contributed by atoms with van der Waals surface area (Å²) in [6.45, 7) is -2.31. The Hall–Kier alpha value is -2.76. The summed E-state index contributed by atoms with van der Waals surface area (Å²) in [6.07, 6.45) is -0.565. The SMILES string of the molecule is Nc1ncc(-c2cc(C3C4CN(CC(F)(F)F)CC43)nc(N3CC4CC3C4)n2)cc1OC(F)F. The van der Waals surface area contributed by atoms with Crippen LogP contribution in [0.1, 0.15) is 24.5 Å². The lowest BCUT2D eigenvalue weighted by Gasteiger charge is -2.26. The molecule has 5 fully saturated rings. The third-order valence-corrected chi connectivity index (χ3v) is 7.51. The minimum absolute atomic E-state index is 0.0566. The fourth-order valence-corrected chi connectivity index (χ4v) is 5.90. The predicted molar refractivity (Wildman–Crippen MR) is 112 cm³/mol. The van der Waals surface area contributed by atoms with E-state index < -0.39 is 19.3 Å². The molecule has 7 rings (SSSR count). The summed E-state index contributed by atoms with van der Waals surface area (Å²) in [5.41, 5.74) is 7.43. The number of pyridine rings is 1. The highest BCUT2D eigenvalue weighted by Gasteiger charge is 2.58. The van der Waals surface area contributed by atoms with Gasteiger partial charge in [-0.2, -0.15) is 22.0 Å². The second kappa shape index (κ2) is 7.62. The number of rotatable bonds is 6. The molecule has 2 bridgehead atoms.